The Morgan fingerprint density at radius 3 is 2.77 bits per heavy atom. The lowest BCUT2D eigenvalue weighted by Crippen LogP contribution is -2.14. The molecule has 2 aromatic rings. The second kappa shape index (κ2) is 6.54. The summed E-state index contributed by atoms with van der Waals surface area (Å²) in [4.78, 5) is 4.78. The fraction of sp³-hybridized carbons (Fsp3) is 0.562. The van der Waals surface area contributed by atoms with E-state index in [1.54, 1.807) is 0 Å². The van der Waals surface area contributed by atoms with Crippen LogP contribution in [-0.2, 0) is 17.7 Å². The summed E-state index contributed by atoms with van der Waals surface area (Å²) in [6.45, 7) is 7.18. The molecule has 0 saturated heterocycles. The predicted octanol–water partition coefficient (Wildman–Crippen LogP) is 1.94. The summed E-state index contributed by atoms with van der Waals surface area (Å²) < 4.78 is 18.7. The molecule has 22 heavy (non-hydrogen) atoms. The molecule has 1 aliphatic rings. The smallest absolute Gasteiger partial charge is 0.231 e. The maximum atomic E-state index is 5.53. The standard InChI is InChI=1S/C16H23N3O3/c1-11(2)7-16-18-12-8-14-15(22-10-21-14)9-13(12)19(16)4-6-20-5-3-17/h8-9,11H,3-7,10,17H2,1-2H3. The van der Waals surface area contributed by atoms with Crippen LogP contribution in [0.25, 0.3) is 11.0 Å². The van der Waals surface area contributed by atoms with Gasteiger partial charge in [-0.3, -0.25) is 0 Å². The number of nitrogens with zero attached hydrogens (tertiary/aromatic N) is 2. The van der Waals surface area contributed by atoms with Gasteiger partial charge in [0, 0.05) is 31.6 Å². The van der Waals surface area contributed by atoms with Crippen molar-refractivity contribution in [3.8, 4) is 11.5 Å². The van der Waals surface area contributed by atoms with Crippen molar-refractivity contribution in [3.63, 3.8) is 0 Å². The zero-order valence-corrected chi connectivity index (χ0v) is 13.2. The van der Waals surface area contributed by atoms with Crippen LogP contribution in [0.15, 0.2) is 12.1 Å². The number of nitrogens with two attached hydrogens (primary N) is 1. The van der Waals surface area contributed by atoms with Crippen molar-refractivity contribution in [1.29, 1.82) is 0 Å². The number of imidazole rings is 1. The van der Waals surface area contributed by atoms with E-state index in [-0.39, 0.29) is 6.79 Å². The van der Waals surface area contributed by atoms with E-state index < -0.39 is 0 Å². The third-order valence-corrected chi connectivity index (χ3v) is 3.63. The molecule has 6 heteroatoms. The Kier molecular flexibility index (Phi) is 4.49. The maximum absolute atomic E-state index is 5.53. The highest BCUT2D eigenvalue weighted by molar-refractivity contribution is 5.81. The van der Waals surface area contributed by atoms with Gasteiger partial charge in [-0.05, 0) is 5.92 Å². The third kappa shape index (κ3) is 3.03. The Morgan fingerprint density at radius 2 is 2.05 bits per heavy atom. The quantitative estimate of drug-likeness (QED) is 0.792. The summed E-state index contributed by atoms with van der Waals surface area (Å²) in [5, 5.41) is 0. The molecule has 0 aliphatic carbocycles. The van der Waals surface area contributed by atoms with E-state index in [0.717, 1.165) is 41.3 Å². The summed E-state index contributed by atoms with van der Waals surface area (Å²) in [7, 11) is 0. The van der Waals surface area contributed by atoms with Crippen molar-refractivity contribution in [2.24, 2.45) is 11.7 Å². The van der Waals surface area contributed by atoms with E-state index >= 15 is 0 Å². The summed E-state index contributed by atoms with van der Waals surface area (Å²) in [6, 6.07) is 3.97. The van der Waals surface area contributed by atoms with Crippen LogP contribution in [0.3, 0.4) is 0 Å². The van der Waals surface area contributed by atoms with Crippen LogP contribution in [0.2, 0.25) is 0 Å². The average molecular weight is 305 g/mol. The molecule has 6 nitrogen and oxygen atoms in total. The van der Waals surface area contributed by atoms with Gasteiger partial charge in [0.05, 0.1) is 24.2 Å². The zero-order valence-electron chi connectivity index (χ0n) is 13.2. The van der Waals surface area contributed by atoms with Gasteiger partial charge in [-0.25, -0.2) is 4.98 Å². The molecule has 2 N–H and O–H groups in total. The van der Waals surface area contributed by atoms with Crippen molar-refractivity contribution in [1.82, 2.24) is 9.55 Å². The molecule has 0 bridgehead atoms. The molecule has 0 amide bonds. The van der Waals surface area contributed by atoms with Gasteiger partial charge >= 0.3 is 0 Å². The number of hydrogen-bond acceptors (Lipinski definition) is 5. The molecule has 0 radical (unpaired) electrons. The second-order valence-electron chi connectivity index (χ2n) is 5.87. The molecule has 0 saturated carbocycles. The normalized spacial score (nSPS) is 13.5. The first-order chi connectivity index (χ1) is 10.7. The van der Waals surface area contributed by atoms with Crippen LogP contribution in [-0.4, -0.2) is 36.1 Å². The molecule has 2 heterocycles. The number of ether oxygens (including phenoxy) is 3. The predicted molar refractivity (Wildman–Crippen MR) is 84.3 cm³/mol. The van der Waals surface area contributed by atoms with Crippen molar-refractivity contribution >= 4 is 11.0 Å². The van der Waals surface area contributed by atoms with Gasteiger partial charge in [0.2, 0.25) is 6.79 Å². The van der Waals surface area contributed by atoms with Gasteiger partial charge in [0.15, 0.2) is 11.5 Å². The Bertz CT molecular complexity index is 652. The molecule has 0 unspecified atom stereocenters. The third-order valence-electron chi connectivity index (χ3n) is 3.63. The number of fused-ring (bicyclic) bond motifs is 2. The van der Waals surface area contributed by atoms with Crippen molar-refractivity contribution in [2.75, 3.05) is 26.6 Å². The first-order valence-corrected chi connectivity index (χ1v) is 7.75. The highest BCUT2D eigenvalue weighted by atomic mass is 16.7. The van der Waals surface area contributed by atoms with Gasteiger partial charge in [-0.1, -0.05) is 13.8 Å². The number of benzene rings is 1. The van der Waals surface area contributed by atoms with Gasteiger partial charge in [0.1, 0.15) is 5.82 Å². The molecule has 1 aliphatic heterocycles. The molecule has 0 spiro atoms. The number of aromatic nitrogens is 2. The van der Waals surface area contributed by atoms with Crippen LogP contribution in [0.5, 0.6) is 11.5 Å². The van der Waals surface area contributed by atoms with Crippen LogP contribution >= 0.6 is 0 Å². The molecular formula is C16H23N3O3. The van der Waals surface area contributed by atoms with Gasteiger partial charge < -0.3 is 24.5 Å². The summed E-state index contributed by atoms with van der Waals surface area (Å²) >= 11 is 0. The maximum Gasteiger partial charge on any atom is 0.231 e. The number of hydrogen-bond donors (Lipinski definition) is 1. The highest BCUT2D eigenvalue weighted by Crippen LogP contribution is 2.36. The van der Waals surface area contributed by atoms with E-state index in [1.165, 1.54) is 0 Å². The molecular weight excluding hydrogens is 282 g/mol. The van der Waals surface area contributed by atoms with E-state index in [2.05, 4.69) is 18.4 Å². The second-order valence-corrected chi connectivity index (χ2v) is 5.87. The number of rotatable bonds is 7. The fourth-order valence-electron chi connectivity index (χ4n) is 2.68. The summed E-state index contributed by atoms with van der Waals surface area (Å²) in [5.74, 6) is 3.17. The van der Waals surface area contributed by atoms with Crippen molar-refractivity contribution in [2.45, 2.75) is 26.8 Å². The van der Waals surface area contributed by atoms with Crippen LogP contribution in [0.1, 0.15) is 19.7 Å². The van der Waals surface area contributed by atoms with Gasteiger partial charge in [-0.2, -0.15) is 0 Å². The van der Waals surface area contributed by atoms with E-state index in [0.29, 0.717) is 25.7 Å². The Morgan fingerprint density at radius 1 is 1.27 bits per heavy atom. The highest BCUT2D eigenvalue weighted by Gasteiger charge is 2.19. The monoisotopic (exact) mass is 305 g/mol. The minimum Gasteiger partial charge on any atom is -0.454 e. The van der Waals surface area contributed by atoms with Crippen LogP contribution < -0.4 is 15.2 Å². The lowest BCUT2D eigenvalue weighted by molar-refractivity contribution is 0.133. The largest absolute Gasteiger partial charge is 0.454 e. The van der Waals surface area contributed by atoms with Crippen molar-refractivity contribution < 1.29 is 14.2 Å². The molecule has 0 atom stereocenters. The zero-order chi connectivity index (χ0) is 15.5. The van der Waals surface area contributed by atoms with E-state index in [1.807, 2.05) is 12.1 Å². The van der Waals surface area contributed by atoms with E-state index in [9.17, 15) is 0 Å². The molecule has 120 valence electrons. The molecule has 1 aromatic carbocycles. The fourth-order valence-corrected chi connectivity index (χ4v) is 2.68. The van der Waals surface area contributed by atoms with Gasteiger partial charge in [0.25, 0.3) is 0 Å². The Hall–Kier alpha value is -1.79. The Labute approximate surface area is 130 Å². The molecule has 3 rings (SSSR count). The van der Waals surface area contributed by atoms with Gasteiger partial charge in [-0.15, -0.1) is 0 Å². The Balaban J connectivity index is 1.93. The van der Waals surface area contributed by atoms with E-state index in [4.69, 9.17) is 24.9 Å². The summed E-state index contributed by atoms with van der Waals surface area (Å²) in [5.41, 5.74) is 7.47. The average Bonchev–Trinajstić information content (AvgIpc) is 3.04. The van der Waals surface area contributed by atoms with Crippen molar-refractivity contribution in [3.05, 3.63) is 18.0 Å². The van der Waals surface area contributed by atoms with Crippen LogP contribution in [0.4, 0.5) is 0 Å². The molecule has 0 fully saturated rings. The molecule has 1 aromatic heterocycles. The summed E-state index contributed by atoms with van der Waals surface area (Å²) in [6.07, 6.45) is 0.929. The minimum absolute atomic E-state index is 0.278. The van der Waals surface area contributed by atoms with Crippen LogP contribution in [0, 0.1) is 5.92 Å². The minimum atomic E-state index is 0.278. The first-order valence-electron chi connectivity index (χ1n) is 7.75. The first kappa shape index (κ1) is 15.1. The topological polar surface area (TPSA) is 71.5 Å². The lowest BCUT2D eigenvalue weighted by atomic mass is 10.1. The SMILES string of the molecule is CC(C)Cc1nc2cc3c(cc2n1CCOCCN)OCO3. The lowest BCUT2D eigenvalue weighted by Gasteiger charge is -2.11.